The van der Waals surface area contributed by atoms with Crippen LogP contribution < -0.4 is 0 Å². The van der Waals surface area contributed by atoms with Crippen molar-refractivity contribution in [3.63, 3.8) is 0 Å². The number of allylic oxidation sites excluding steroid dienone is 1. The molecule has 0 saturated carbocycles. The molecular weight excluding hydrogens is 2080 g/mol. The fourth-order valence-corrected chi connectivity index (χ4v) is 16.9. The first-order valence-corrected chi connectivity index (χ1v) is 50.3. The number of aromatic nitrogens is 10. The third-order valence-corrected chi connectivity index (χ3v) is 26.5. The van der Waals surface area contributed by atoms with Gasteiger partial charge in [-0.1, -0.05) is 96.3 Å². The van der Waals surface area contributed by atoms with Crippen molar-refractivity contribution in [2.75, 3.05) is 33.0 Å². The minimum absolute atomic E-state index is 0.0118. The van der Waals surface area contributed by atoms with Crippen LogP contribution in [0.15, 0.2) is 263 Å². The summed E-state index contributed by atoms with van der Waals surface area (Å²) in [5, 5.41) is 152. The predicted octanol–water partition coefficient (Wildman–Crippen LogP) is 10.5. The monoisotopic (exact) mass is 2190 g/mol. The maximum absolute atomic E-state index is 12.4. The number of ketones is 2. The molecule has 60 heteroatoms. The molecule has 0 bridgehead atoms. The minimum atomic E-state index is -4.09. The molecule has 0 radical (unpaired) electrons. The molecule has 150 heavy (non-hydrogen) atoms. The van der Waals surface area contributed by atoms with Crippen LogP contribution in [0.25, 0.3) is 0 Å². The van der Waals surface area contributed by atoms with E-state index in [4.69, 9.17) is 21.5 Å². The molecule has 0 aliphatic carbocycles. The van der Waals surface area contributed by atoms with Crippen molar-refractivity contribution in [2.24, 2.45) is 0 Å². The summed E-state index contributed by atoms with van der Waals surface area (Å²) >= 11 is 0. The van der Waals surface area contributed by atoms with Crippen LogP contribution in [0.1, 0.15) is 92.6 Å². The molecule has 13 rings (SSSR count). The molecule has 9 unspecified atom stereocenters. The molecule has 0 spiro atoms. The molecule has 1 aliphatic heterocycles. The van der Waals surface area contributed by atoms with E-state index in [1.165, 1.54) is 175 Å². The smallest absolute Gasteiger partial charge is 0.325 e. The van der Waals surface area contributed by atoms with Crippen LogP contribution in [0.5, 0.6) is 0 Å². The van der Waals surface area contributed by atoms with E-state index in [1.54, 1.807) is 86.0 Å². The third-order valence-electron chi connectivity index (χ3n) is 21.3. The van der Waals surface area contributed by atoms with Gasteiger partial charge >= 0.3 is 46.8 Å². The van der Waals surface area contributed by atoms with E-state index >= 15 is 0 Å². The number of unbranched alkanes of at least 4 members (excludes halogenated alkanes) is 1. The van der Waals surface area contributed by atoms with Crippen LogP contribution in [-0.4, -0.2) is 238 Å². The molecule has 9 heterocycles. The lowest BCUT2D eigenvalue weighted by Crippen LogP contribution is -2.35. The molecule has 9 atom stereocenters. The van der Waals surface area contributed by atoms with Crippen molar-refractivity contribution in [1.29, 1.82) is 0 Å². The van der Waals surface area contributed by atoms with E-state index < -0.39 is 187 Å². The van der Waals surface area contributed by atoms with Gasteiger partial charge in [0, 0.05) is 61.7 Å². The summed E-state index contributed by atoms with van der Waals surface area (Å²) in [6.07, 6.45) is 0.794. The quantitative estimate of drug-likeness (QED) is 0.0106. The molecule has 8 aromatic heterocycles. The zero-order chi connectivity index (χ0) is 111. The first kappa shape index (κ1) is 122. The van der Waals surface area contributed by atoms with E-state index in [0.29, 0.717) is 18.5 Å². The number of Topliss-reactive ketones (excluding diaryl/α,β-unsaturated/α-hetero) is 2. The number of halogens is 3. The van der Waals surface area contributed by atoms with E-state index in [1.807, 2.05) is 34.6 Å². The molecule has 812 valence electrons. The van der Waals surface area contributed by atoms with Gasteiger partial charge in [-0.3, -0.25) is 26.3 Å². The lowest BCUT2D eigenvalue weighted by atomic mass is 10.1. The SMILES string of the molecule is CCC(O)Cn1cccc1[N+](=O)[O-].CCCCC(=O)Cn1cccc1[N+](=O)[O-].Cc1ccc(S(=O)(=O)OCC(CO)n2cc(Cn3cccc3[N+](=O)[O-])nn2)cc1.Cc1ccc(S(=O)(=O)OCC(O)C(O)Cn2cccc2[N+](=O)[O-])cc1.Cc1ccc(S(=O)(=O)OCC(O)Cn2cccc2[N+](=O)[O-])cc1.Cc1ccc(S(=O)(=O)OCC2OC(n3cccc3[N+](=O)[O-])C(O)C2O)cc1.O=C(CCC(F)=C(F)F)Cn1cccc1[N+](=O)[O-]. The Morgan fingerprint density at radius 2 is 0.760 bits per heavy atom. The van der Waals surface area contributed by atoms with Gasteiger partial charge in [-0.25, -0.2) is 41.0 Å². The minimum Gasteiger partial charge on any atom is -0.394 e. The van der Waals surface area contributed by atoms with Crippen molar-refractivity contribution in [2.45, 2.75) is 194 Å². The molecule has 0 amide bonds. The Hall–Kier alpha value is -15.0. The Kier molecular flexibility index (Phi) is 46.7. The van der Waals surface area contributed by atoms with Crippen molar-refractivity contribution >= 4 is 92.8 Å². The Labute approximate surface area is 852 Å². The van der Waals surface area contributed by atoms with Crippen LogP contribution >= 0.6 is 0 Å². The Morgan fingerprint density at radius 1 is 0.420 bits per heavy atom. The summed E-state index contributed by atoms with van der Waals surface area (Å²) in [6, 6.07) is 43.0. The Bertz CT molecular complexity index is 7030. The van der Waals surface area contributed by atoms with E-state index in [2.05, 4.69) is 10.3 Å². The van der Waals surface area contributed by atoms with Gasteiger partial charge in [0.1, 0.15) is 87.6 Å². The number of aryl methyl sites for hydroxylation is 4. The number of hydrogen-bond acceptors (Lipinski definition) is 38. The second-order valence-corrected chi connectivity index (χ2v) is 39.1. The summed E-state index contributed by atoms with van der Waals surface area (Å²) in [7, 11) is -16.1. The second kappa shape index (κ2) is 57.5. The van der Waals surface area contributed by atoms with Crippen molar-refractivity contribution in [1.82, 2.24) is 47.0 Å². The van der Waals surface area contributed by atoms with Gasteiger partial charge < -0.3 is 111 Å². The second-order valence-electron chi connectivity index (χ2n) is 32.6. The van der Waals surface area contributed by atoms with Gasteiger partial charge in [0.15, 0.2) is 17.4 Å². The highest BCUT2D eigenvalue weighted by Gasteiger charge is 2.48. The van der Waals surface area contributed by atoms with Gasteiger partial charge in [0.05, 0.1) is 108 Å². The van der Waals surface area contributed by atoms with E-state index in [-0.39, 0.29) is 112 Å². The first-order chi connectivity index (χ1) is 70.7. The molecular formula is C90H106F3N17O36S4. The average Bonchev–Trinajstić information content (AvgIpc) is 1.69. The standard InChI is InChI=1S/C17H19N5O6S.C16H18N2O8S.C15H18N2O7S.C14H16N2O6S.C10H9F3N2O3.C10H14N2O3.C8H12N2O3/c1-13-4-6-16(7-5-13)29(26,27)28-12-15(11-23)21-10-14(18-19-21)9-20-8-2-3-17(20)22(24)25;1-10-4-6-11(7-5-10)27(23,24)25-9-12-14(19)15(20)16(26-12)17-8-2-3-13(17)18(21)22;1-11-4-6-12(7-5-11)25(22,23)24-10-14(19)13(18)9-16-8-2-3-15(16)17(20)21;1-11-4-6-13(7-5-11)23(20,21)22-10-12(17)9-15-8-2-3-14(15)16(18)19;11-8(10(12)13)4-3-7(16)6-14-5-1-2-9(14)15(17)18;1-2-3-5-9(13)8-11-7-4-6-10(11)12(14)15;1-2-7(11)6-9-5-3-4-8(9)10(12)13/h2-8,10,15,23H,9,11-12H2,1H3;2-8,12,14-16,19-20H,9H2,1H3;2-8,13-14,18-19H,9-10H2,1H3;2-8,12,17H,9-10H2,1H3;1-2,5H,3-4,6H2;4,6-7H,2-3,5,8H2,1H3;3-5,7,11H,2,6H2,1H3. The highest BCUT2D eigenvalue weighted by Crippen LogP contribution is 2.35. The molecule has 4 aromatic carbocycles. The number of rotatable bonds is 46. The summed E-state index contributed by atoms with van der Waals surface area (Å²) in [5.74, 6) is -3.31. The number of ether oxygens (including phenoxy) is 1. The highest BCUT2D eigenvalue weighted by molar-refractivity contribution is 7.87. The summed E-state index contributed by atoms with van der Waals surface area (Å²) in [6.45, 7) is 8.32. The van der Waals surface area contributed by atoms with Crippen LogP contribution in [0, 0.1) is 98.5 Å². The van der Waals surface area contributed by atoms with Crippen LogP contribution in [0.2, 0.25) is 0 Å². The maximum atomic E-state index is 12.4. The molecule has 1 fully saturated rings. The summed E-state index contributed by atoms with van der Waals surface area (Å²) in [5.41, 5.74) is 3.98. The van der Waals surface area contributed by atoms with Gasteiger partial charge in [-0.05, 0) is 166 Å². The number of nitrogens with zero attached hydrogens (tertiary/aromatic N) is 17. The zero-order valence-electron chi connectivity index (χ0n) is 80.5. The average molecular weight is 2190 g/mol. The lowest BCUT2D eigenvalue weighted by molar-refractivity contribution is -0.394. The molecule has 53 nitrogen and oxygen atoms in total. The summed E-state index contributed by atoms with van der Waals surface area (Å²) < 4.78 is 168. The Morgan fingerprint density at radius 3 is 1.15 bits per heavy atom. The number of aliphatic hydroxyl groups excluding tert-OH is 7. The van der Waals surface area contributed by atoms with Gasteiger partial charge in [-0.15, -0.1) is 5.10 Å². The van der Waals surface area contributed by atoms with Gasteiger partial charge in [0.25, 0.3) is 40.5 Å². The topological polar surface area (TPSA) is 726 Å². The third kappa shape index (κ3) is 37.4. The van der Waals surface area contributed by atoms with Crippen LogP contribution in [-0.2, 0) is 111 Å². The molecule has 1 saturated heterocycles. The normalized spacial score (nSPS) is 14.8. The van der Waals surface area contributed by atoms with Gasteiger partial charge in [-0.2, -0.15) is 42.5 Å². The van der Waals surface area contributed by atoms with Crippen LogP contribution in [0.4, 0.5) is 53.9 Å². The fraction of sp³-hybridized carbons (Fsp3) is 0.356. The number of nitro groups is 7. The number of aliphatic hydroxyl groups is 7. The first-order valence-electron chi connectivity index (χ1n) is 44.6. The maximum Gasteiger partial charge on any atom is 0.325 e. The molecule has 7 N–H and O–H groups in total. The van der Waals surface area contributed by atoms with Crippen LogP contribution in [0.3, 0.4) is 0 Å². The van der Waals surface area contributed by atoms with Gasteiger partial charge in [0.2, 0.25) is 6.23 Å². The van der Waals surface area contributed by atoms with Crippen molar-refractivity contribution < 1.29 is 148 Å². The van der Waals surface area contributed by atoms with Crippen molar-refractivity contribution in [3.8, 4) is 0 Å². The molecule has 1 aliphatic rings. The molecule has 12 aromatic rings. The predicted molar refractivity (Wildman–Crippen MR) is 519 cm³/mol. The number of carbonyl (C=O) groups is 2. The zero-order valence-corrected chi connectivity index (χ0v) is 83.8. The Balaban J connectivity index is 0.000000240. The number of carbonyl (C=O) groups excluding carboxylic acids is 2. The van der Waals surface area contributed by atoms with Crippen molar-refractivity contribution in [3.05, 3.63) is 342 Å². The largest absolute Gasteiger partial charge is 0.394 e. The number of benzene rings is 4. The lowest BCUT2D eigenvalue weighted by Gasteiger charge is -2.17. The highest BCUT2D eigenvalue weighted by atomic mass is 32.2. The number of hydrogen-bond donors (Lipinski definition) is 7. The fourth-order valence-electron chi connectivity index (χ4n) is 13.2. The summed E-state index contributed by atoms with van der Waals surface area (Å²) in [4.78, 5) is 93.7. The van der Waals surface area contributed by atoms with E-state index in [9.17, 15) is 163 Å². The van der Waals surface area contributed by atoms with E-state index in [0.717, 1.165) is 48.8 Å².